The van der Waals surface area contributed by atoms with E-state index in [0.29, 0.717) is 11.8 Å². The minimum atomic E-state index is -0.848. The molecule has 154 valence electrons. The van der Waals surface area contributed by atoms with Crippen LogP contribution in [0.15, 0.2) is 36.4 Å². The molecule has 1 aliphatic rings. The molecule has 0 unspecified atom stereocenters. The molecule has 5 nitrogen and oxygen atoms in total. The molecule has 0 aliphatic carbocycles. The highest BCUT2D eigenvalue weighted by Gasteiger charge is 2.14. The molecule has 1 saturated heterocycles. The van der Waals surface area contributed by atoms with Crippen molar-refractivity contribution >= 4 is 29.3 Å². The van der Waals surface area contributed by atoms with E-state index in [2.05, 4.69) is 15.5 Å². The van der Waals surface area contributed by atoms with Gasteiger partial charge in [0, 0.05) is 48.5 Å². The Morgan fingerprint density at radius 3 is 2.45 bits per heavy atom. The molecule has 1 aliphatic heterocycles. The maximum absolute atomic E-state index is 13.2. The minimum Gasteiger partial charge on any atom is -0.343 e. The summed E-state index contributed by atoms with van der Waals surface area (Å²) in [6, 6.07) is 8.47. The Bertz CT molecular complexity index is 881. The second-order valence-corrected chi connectivity index (χ2v) is 8.15. The van der Waals surface area contributed by atoms with Gasteiger partial charge < -0.3 is 10.6 Å². The van der Waals surface area contributed by atoms with E-state index in [-0.39, 0.29) is 12.1 Å². The van der Waals surface area contributed by atoms with Crippen LogP contribution in [-0.4, -0.2) is 47.9 Å². The van der Waals surface area contributed by atoms with Gasteiger partial charge in [0.25, 0.3) is 5.91 Å². The van der Waals surface area contributed by atoms with Crippen LogP contribution in [0.25, 0.3) is 0 Å². The second-order valence-electron chi connectivity index (χ2n) is 6.93. The predicted molar refractivity (Wildman–Crippen MR) is 111 cm³/mol. The number of aryl methyl sites for hydroxylation is 1. The van der Waals surface area contributed by atoms with E-state index in [1.54, 1.807) is 0 Å². The largest absolute Gasteiger partial charge is 0.343 e. The molecule has 8 heteroatoms. The summed E-state index contributed by atoms with van der Waals surface area (Å²) in [5, 5.41) is 5.17. The van der Waals surface area contributed by atoms with Gasteiger partial charge in [0.05, 0.1) is 6.54 Å². The lowest BCUT2D eigenvalue weighted by molar-refractivity contribution is -0.115. The van der Waals surface area contributed by atoms with Crippen molar-refractivity contribution in [2.24, 2.45) is 0 Å². The van der Waals surface area contributed by atoms with Crippen molar-refractivity contribution in [2.75, 3.05) is 36.5 Å². The number of nitrogens with zero attached hydrogens (tertiary/aromatic N) is 1. The van der Waals surface area contributed by atoms with Gasteiger partial charge in [-0.3, -0.25) is 14.5 Å². The van der Waals surface area contributed by atoms with E-state index in [1.165, 1.54) is 0 Å². The van der Waals surface area contributed by atoms with Crippen molar-refractivity contribution in [2.45, 2.75) is 13.5 Å². The number of hydrogen-bond acceptors (Lipinski definition) is 4. The van der Waals surface area contributed by atoms with Gasteiger partial charge in [-0.15, -0.1) is 0 Å². The third kappa shape index (κ3) is 6.27. The Kier molecular flexibility index (Phi) is 7.22. The van der Waals surface area contributed by atoms with Gasteiger partial charge in [-0.1, -0.05) is 12.1 Å². The molecule has 2 aromatic carbocycles. The number of carbonyl (C=O) groups excluding carboxylic acids is 2. The fraction of sp³-hybridized carbons (Fsp3) is 0.333. The van der Waals surface area contributed by atoms with Crippen LogP contribution in [-0.2, 0) is 11.3 Å². The Morgan fingerprint density at radius 2 is 1.76 bits per heavy atom. The highest BCUT2D eigenvalue weighted by molar-refractivity contribution is 7.99. The maximum Gasteiger partial charge on any atom is 0.251 e. The fourth-order valence-electron chi connectivity index (χ4n) is 3.06. The van der Waals surface area contributed by atoms with Crippen LogP contribution in [0.3, 0.4) is 0 Å². The Hall–Kier alpha value is -2.45. The minimum absolute atomic E-state index is 0.173. The van der Waals surface area contributed by atoms with E-state index in [0.717, 1.165) is 54.4 Å². The van der Waals surface area contributed by atoms with E-state index in [4.69, 9.17) is 0 Å². The molecular weight excluding hydrogens is 396 g/mol. The lowest BCUT2D eigenvalue weighted by Gasteiger charge is -2.26. The molecule has 0 spiro atoms. The summed E-state index contributed by atoms with van der Waals surface area (Å²) in [5.74, 6) is -0.565. The molecule has 0 bridgehead atoms. The first-order chi connectivity index (χ1) is 13.9. The maximum atomic E-state index is 13.2. The van der Waals surface area contributed by atoms with Gasteiger partial charge in [0.2, 0.25) is 5.91 Å². The molecule has 1 fully saturated rings. The van der Waals surface area contributed by atoms with Gasteiger partial charge in [-0.25, -0.2) is 8.78 Å². The second kappa shape index (κ2) is 9.84. The first-order valence-electron chi connectivity index (χ1n) is 9.34. The smallest absolute Gasteiger partial charge is 0.251 e. The zero-order valence-corrected chi connectivity index (χ0v) is 17.0. The van der Waals surface area contributed by atoms with Gasteiger partial charge in [0.15, 0.2) is 0 Å². The lowest BCUT2D eigenvalue weighted by atomic mass is 10.1. The Labute approximate surface area is 172 Å². The van der Waals surface area contributed by atoms with Crippen LogP contribution in [0.2, 0.25) is 0 Å². The molecule has 0 aromatic heterocycles. The molecule has 1 heterocycles. The molecule has 0 radical (unpaired) electrons. The van der Waals surface area contributed by atoms with Gasteiger partial charge >= 0.3 is 0 Å². The van der Waals surface area contributed by atoms with Crippen molar-refractivity contribution < 1.29 is 18.4 Å². The monoisotopic (exact) mass is 419 g/mol. The molecular formula is C21H23F2N3O2S. The summed E-state index contributed by atoms with van der Waals surface area (Å²) in [4.78, 5) is 26.6. The quantitative estimate of drug-likeness (QED) is 0.755. The van der Waals surface area contributed by atoms with Gasteiger partial charge in [-0.2, -0.15) is 11.8 Å². The summed E-state index contributed by atoms with van der Waals surface area (Å²) in [6.45, 7) is 4.51. The molecule has 0 saturated carbocycles. The van der Waals surface area contributed by atoms with Crippen molar-refractivity contribution in [3.05, 3.63) is 64.7 Å². The lowest BCUT2D eigenvalue weighted by Crippen LogP contribution is -2.33. The summed E-state index contributed by atoms with van der Waals surface area (Å²) < 4.78 is 26.4. The van der Waals surface area contributed by atoms with Gasteiger partial charge in [-0.05, 0) is 36.2 Å². The van der Waals surface area contributed by atoms with Gasteiger partial charge in [0.1, 0.15) is 11.6 Å². The number of benzene rings is 2. The number of rotatable bonds is 6. The third-order valence-corrected chi connectivity index (χ3v) is 5.56. The summed E-state index contributed by atoms with van der Waals surface area (Å²) in [5.41, 5.74) is 2.53. The molecule has 2 aromatic rings. The first-order valence-corrected chi connectivity index (χ1v) is 10.5. The number of amides is 2. The van der Waals surface area contributed by atoms with E-state index < -0.39 is 23.4 Å². The highest BCUT2D eigenvalue weighted by Crippen LogP contribution is 2.19. The zero-order chi connectivity index (χ0) is 20.8. The third-order valence-electron chi connectivity index (χ3n) is 4.62. The average Bonchev–Trinajstić information content (AvgIpc) is 2.69. The van der Waals surface area contributed by atoms with Crippen LogP contribution in [0.1, 0.15) is 21.5 Å². The number of hydrogen-bond donors (Lipinski definition) is 2. The normalized spacial score (nSPS) is 14.4. The summed E-state index contributed by atoms with van der Waals surface area (Å²) >= 11 is 1.96. The molecule has 2 amide bonds. The topological polar surface area (TPSA) is 61.4 Å². The number of carbonyl (C=O) groups is 2. The van der Waals surface area contributed by atoms with Crippen molar-refractivity contribution in [3.63, 3.8) is 0 Å². The van der Waals surface area contributed by atoms with E-state index >= 15 is 0 Å². The first kappa shape index (κ1) is 21.3. The van der Waals surface area contributed by atoms with E-state index in [9.17, 15) is 18.4 Å². The van der Waals surface area contributed by atoms with Crippen molar-refractivity contribution in [1.29, 1.82) is 0 Å². The molecule has 3 rings (SSSR count). The van der Waals surface area contributed by atoms with Crippen molar-refractivity contribution in [3.8, 4) is 0 Å². The van der Waals surface area contributed by atoms with Crippen molar-refractivity contribution in [1.82, 2.24) is 10.2 Å². The predicted octanol–water partition coefficient (Wildman–Crippen LogP) is 3.19. The standard InChI is InChI=1S/C21H23F2N3O2S/c1-14-2-3-15(13-26-4-6-29-7-5-26)8-19(14)25-20(27)12-24-21(28)16-9-17(22)11-18(23)10-16/h2-3,8-11H,4-7,12-13H2,1H3,(H,24,28)(H,25,27). The summed E-state index contributed by atoms with van der Waals surface area (Å²) in [7, 11) is 0. The highest BCUT2D eigenvalue weighted by atomic mass is 32.2. The van der Waals surface area contributed by atoms with Crippen LogP contribution < -0.4 is 10.6 Å². The number of halogens is 2. The van der Waals surface area contributed by atoms with Crippen LogP contribution in [0.4, 0.5) is 14.5 Å². The zero-order valence-electron chi connectivity index (χ0n) is 16.1. The Balaban J connectivity index is 1.56. The van der Waals surface area contributed by atoms with Crippen LogP contribution in [0, 0.1) is 18.6 Å². The molecule has 2 N–H and O–H groups in total. The summed E-state index contributed by atoms with van der Waals surface area (Å²) in [6.07, 6.45) is 0. The molecule has 0 atom stereocenters. The number of nitrogens with one attached hydrogen (secondary N) is 2. The fourth-order valence-corrected chi connectivity index (χ4v) is 4.04. The SMILES string of the molecule is Cc1ccc(CN2CCSCC2)cc1NC(=O)CNC(=O)c1cc(F)cc(F)c1. The molecule has 29 heavy (non-hydrogen) atoms. The number of thioether (sulfide) groups is 1. The van der Waals surface area contributed by atoms with Crippen LogP contribution >= 0.6 is 11.8 Å². The Morgan fingerprint density at radius 1 is 1.07 bits per heavy atom. The number of anilines is 1. The van der Waals surface area contributed by atoms with E-state index in [1.807, 2.05) is 36.9 Å². The average molecular weight is 419 g/mol. The van der Waals surface area contributed by atoms with Crippen LogP contribution in [0.5, 0.6) is 0 Å².